The zero-order valence-corrected chi connectivity index (χ0v) is 8.81. The largest absolute Gasteiger partial charge is 0.508 e. The van der Waals surface area contributed by atoms with Gasteiger partial charge in [0.15, 0.2) is 5.92 Å². The lowest BCUT2D eigenvalue weighted by molar-refractivity contribution is -0.149. The van der Waals surface area contributed by atoms with Crippen LogP contribution in [0.15, 0.2) is 12.1 Å². The molecule has 1 aromatic carbocycles. The number of phenolic OH excluding ortho intramolecular Hbond substituents is 1. The van der Waals surface area contributed by atoms with E-state index in [1.807, 2.05) is 0 Å². The molecule has 0 fully saturated rings. The first-order chi connectivity index (χ1) is 7.54. The van der Waals surface area contributed by atoms with Crippen LogP contribution < -0.4 is 4.74 Å². The van der Waals surface area contributed by atoms with Crippen LogP contribution in [-0.2, 0) is 14.3 Å². The predicted octanol–water partition coefficient (Wildman–Crippen LogP) is 0.876. The molecule has 2 rings (SSSR count). The molecular weight excluding hydrogens is 212 g/mol. The van der Waals surface area contributed by atoms with Gasteiger partial charge < -0.3 is 14.6 Å². The summed E-state index contributed by atoms with van der Waals surface area (Å²) in [6, 6.07) is 2.81. The summed E-state index contributed by atoms with van der Waals surface area (Å²) in [6.45, 7) is 1.69. The summed E-state index contributed by atoms with van der Waals surface area (Å²) < 4.78 is 9.50. The summed E-state index contributed by atoms with van der Waals surface area (Å²) in [6.07, 6.45) is 0. The van der Waals surface area contributed by atoms with Crippen LogP contribution in [-0.4, -0.2) is 24.2 Å². The number of esters is 2. The Balaban J connectivity index is 2.56. The first-order valence-corrected chi connectivity index (χ1v) is 4.67. The molecule has 0 saturated heterocycles. The molecule has 1 N–H and O–H groups in total. The van der Waals surface area contributed by atoms with Crippen molar-refractivity contribution < 1.29 is 24.2 Å². The maximum Gasteiger partial charge on any atom is 0.330 e. The van der Waals surface area contributed by atoms with Gasteiger partial charge in [-0.15, -0.1) is 0 Å². The van der Waals surface area contributed by atoms with Crippen LogP contribution in [0.1, 0.15) is 17.0 Å². The van der Waals surface area contributed by atoms with E-state index in [1.165, 1.54) is 19.2 Å². The topological polar surface area (TPSA) is 72.8 Å². The molecule has 1 atom stereocenters. The summed E-state index contributed by atoms with van der Waals surface area (Å²) in [5.41, 5.74) is 0.962. The van der Waals surface area contributed by atoms with Crippen molar-refractivity contribution >= 4 is 11.9 Å². The minimum absolute atomic E-state index is 0.0107. The SMILES string of the molecule is COC(=O)C1C(=O)Oc2c(C)cc(O)cc21. The Labute approximate surface area is 91.6 Å². The number of aryl methyl sites for hydroxylation is 1. The number of phenols is 1. The van der Waals surface area contributed by atoms with Crippen LogP contribution in [0.4, 0.5) is 0 Å². The molecule has 0 spiro atoms. The lowest BCUT2D eigenvalue weighted by atomic mass is 9.98. The van der Waals surface area contributed by atoms with Crippen LogP contribution in [0.25, 0.3) is 0 Å². The standard InChI is InChI=1S/C11H10O5/c1-5-3-6(12)4-7-8(10(13)15-2)11(14)16-9(5)7/h3-4,8,12H,1-2H3. The summed E-state index contributed by atoms with van der Waals surface area (Å²) in [5.74, 6) is -2.13. The van der Waals surface area contributed by atoms with E-state index in [4.69, 9.17) is 4.74 Å². The van der Waals surface area contributed by atoms with Gasteiger partial charge in [-0.1, -0.05) is 0 Å². The van der Waals surface area contributed by atoms with E-state index in [9.17, 15) is 14.7 Å². The number of fused-ring (bicyclic) bond motifs is 1. The summed E-state index contributed by atoms with van der Waals surface area (Å²) in [7, 11) is 1.20. The zero-order chi connectivity index (χ0) is 11.9. The average Bonchev–Trinajstić information content (AvgIpc) is 2.54. The first kappa shape index (κ1) is 10.5. The number of aromatic hydroxyl groups is 1. The highest BCUT2D eigenvalue weighted by Crippen LogP contribution is 2.40. The Hall–Kier alpha value is -2.04. The van der Waals surface area contributed by atoms with Crippen LogP contribution in [0, 0.1) is 6.92 Å². The minimum atomic E-state index is -1.09. The second-order valence-electron chi connectivity index (χ2n) is 3.56. The molecule has 0 radical (unpaired) electrons. The Bertz CT molecular complexity index is 478. The minimum Gasteiger partial charge on any atom is -0.508 e. The molecule has 1 aliphatic heterocycles. The Kier molecular flexibility index (Phi) is 2.30. The predicted molar refractivity (Wildman–Crippen MR) is 53.2 cm³/mol. The molecule has 1 unspecified atom stereocenters. The molecule has 5 nitrogen and oxygen atoms in total. The highest BCUT2D eigenvalue weighted by atomic mass is 16.6. The van der Waals surface area contributed by atoms with Crippen LogP contribution in [0.5, 0.6) is 11.5 Å². The smallest absolute Gasteiger partial charge is 0.330 e. The maximum atomic E-state index is 11.5. The lowest BCUT2D eigenvalue weighted by Gasteiger charge is -2.05. The monoisotopic (exact) mass is 222 g/mol. The van der Waals surface area contributed by atoms with Crippen molar-refractivity contribution in [1.82, 2.24) is 0 Å². The van der Waals surface area contributed by atoms with E-state index in [2.05, 4.69) is 4.74 Å². The Morgan fingerprint density at radius 1 is 1.50 bits per heavy atom. The van der Waals surface area contributed by atoms with E-state index in [-0.39, 0.29) is 5.75 Å². The molecule has 5 heteroatoms. The number of carbonyl (C=O) groups excluding carboxylic acids is 2. The van der Waals surface area contributed by atoms with E-state index >= 15 is 0 Å². The normalized spacial score (nSPS) is 17.9. The average molecular weight is 222 g/mol. The molecule has 0 amide bonds. The summed E-state index contributed by atoms with van der Waals surface area (Å²) in [5, 5.41) is 9.42. The van der Waals surface area contributed by atoms with Gasteiger partial charge in [-0.05, 0) is 24.6 Å². The first-order valence-electron chi connectivity index (χ1n) is 4.67. The van der Waals surface area contributed by atoms with Gasteiger partial charge in [-0.25, -0.2) is 0 Å². The van der Waals surface area contributed by atoms with E-state index in [0.717, 1.165) is 0 Å². The highest BCUT2D eigenvalue weighted by molar-refractivity contribution is 6.05. The molecule has 0 bridgehead atoms. The third-order valence-electron chi connectivity index (χ3n) is 2.47. The van der Waals surface area contributed by atoms with Gasteiger partial charge in [0.25, 0.3) is 0 Å². The number of hydrogen-bond acceptors (Lipinski definition) is 5. The molecule has 0 aliphatic carbocycles. The highest BCUT2D eigenvalue weighted by Gasteiger charge is 2.40. The van der Waals surface area contributed by atoms with Gasteiger partial charge in [0, 0.05) is 5.56 Å². The summed E-state index contributed by atoms with van der Waals surface area (Å²) in [4.78, 5) is 22.9. The zero-order valence-electron chi connectivity index (χ0n) is 8.81. The van der Waals surface area contributed by atoms with Gasteiger partial charge in [0.2, 0.25) is 0 Å². The lowest BCUT2D eigenvalue weighted by Crippen LogP contribution is -2.20. The molecule has 1 aliphatic rings. The maximum absolute atomic E-state index is 11.5. The number of rotatable bonds is 1. The van der Waals surface area contributed by atoms with Gasteiger partial charge in [-0.3, -0.25) is 9.59 Å². The number of benzene rings is 1. The Morgan fingerprint density at radius 3 is 2.81 bits per heavy atom. The summed E-state index contributed by atoms with van der Waals surface area (Å²) >= 11 is 0. The second kappa shape index (κ2) is 3.52. The molecule has 16 heavy (non-hydrogen) atoms. The third kappa shape index (κ3) is 1.41. The Morgan fingerprint density at radius 2 is 2.19 bits per heavy atom. The van der Waals surface area contributed by atoms with Crippen LogP contribution in [0.2, 0.25) is 0 Å². The van der Waals surface area contributed by atoms with Gasteiger partial charge in [0.05, 0.1) is 7.11 Å². The number of methoxy groups -OCH3 is 1. The number of carbonyl (C=O) groups is 2. The van der Waals surface area contributed by atoms with Gasteiger partial charge >= 0.3 is 11.9 Å². The third-order valence-corrected chi connectivity index (χ3v) is 2.47. The van der Waals surface area contributed by atoms with Gasteiger partial charge in [-0.2, -0.15) is 0 Å². The van der Waals surface area contributed by atoms with Crippen molar-refractivity contribution in [3.8, 4) is 11.5 Å². The van der Waals surface area contributed by atoms with Crippen molar-refractivity contribution in [3.05, 3.63) is 23.3 Å². The van der Waals surface area contributed by atoms with E-state index in [0.29, 0.717) is 16.9 Å². The fourth-order valence-corrected chi connectivity index (χ4v) is 1.76. The number of ether oxygens (including phenoxy) is 2. The molecule has 1 heterocycles. The van der Waals surface area contributed by atoms with Crippen molar-refractivity contribution in [2.75, 3.05) is 7.11 Å². The fraction of sp³-hybridized carbons (Fsp3) is 0.273. The molecule has 0 aromatic heterocycles. The van der Waals surface area contributed by atoms with E-state index in [1.54, 1.807) is 6.92 Å². The fourth-order valence-electron chi connectivity index (χ4n) is 1.76. The van der Waals surface area contributed by atoms with Gasteiger partial charge in [0.1, 0.15) is 11.5 Å². The quantitative estimate of drug-likeness (QED) is 0.433. The van der Waals surface area contributed by atoms with Crippen molar-refractivity contribution in [3.63, 3.8) is 0 Å². The van der Waals surface area contributed by atoms with E-state index < -0.39 is 17.9 Å². The van der Waals surface area contributed by atoms with Crippen LogP contribution >= 0.6 is 0 Å². The van der Waals surface area contributed by atoms with Crippen molar-refractivity contribution in [2.24, 2.45) is 0 Å². The van der Waals surface area contributed by atoms with Crippen molar-refractivity contribution in [1.29, 1.82) is 0 Å². The second-order valence-corrected chi connectivity index (χ2v) is 3.56. The molecule has 1 aromatic rings. The molecule has 0 saturated carbocycles. The molecule has 84 valence electrons. The van der Waals surface area contributed by atoms with Crippen molar-refractivity contribution in [2.45, 2.75) is 12.8 Å². The number of hydrogen-bond donors (Lipinski definition) is 1. The van der Waals surface area contributed by atoms with Crippen LogP contribution in [0.3, 0.4) is 0 Å². The molecular formula is C11H10O5.